The molecule has 7 heteroatoms. The maximum atomic E-state index is 10.00. The molecule has 0 fully saturated rings. The Bertz CT molecular complexity index is 1200. The van der Waals surface area contributed by atoms with Gasteiger partial charge in [0.05, 0.1) is 12.6 Å². The molecule has 31 heavy (non-hydrogen) atoms. The number of hydrogen-bond acceptors (Lipinski definition) is 7. The molecular formula is C24H24N4O3. The Labute approximate surface area is 180 Å². The molecule has 0 bridgehead atoms. The van der Waals surface area contributed by atoms with E-state index in [1.807, 2.05) is 43.3 Å². The van der Waals surface area contributed by atoms with E-state index < -0.39 is 0 Å². The smallest absolute Gasteiger partial charge is 0.164 e. The number of phenolic OH excluding ortho intramolecular Hbond substituents is 1. The summed E-state index contributed by atoms with van der Waals surface area (Å²) in [5.74, 6) is 2.03. The standard InChI is InChI=1S/C24H24N4O3/c1-4-21(16-7-9-25-10-8-16)31-23-13-19-18(12-22(23)30-3)24(27-14-26-19)28-17-6-5-15(2)20(29)11-17/h5-14,21,29H,4H2,1-3H3,(H,26,27,28). The fourth-order valence-electron chi connectivity index (χ4n) is 3.36. The number of rotatable bonds is 7. The topological polar surface area (TPSA) is 89.4 Å². The second kappa shape index (κ2) is 8.87. The first-order chi connectivity index (χ1) is 15.1. The van der Waals surface area contributed by atoms with Gasteiger partial charge >= 0.3 is 0 Å². The summed E-state index contributed by atoms with van der Waals surface area (Å²) >= 11 is 0. The lowest BCUT2D eigenvalue weighted by molar-refractivity contribution is 0.193. The van der Waals surface area contributed by atoms with Crippen molar-refractivity contribution in [3.63, 3.8) is 0 Å². The van der Waals surface area contributed by atoms with Gasteiger partial charge in [0.1, 0.15) is 24.0 Å². The molecule has 158 valence electrons. The maximum Gasteiger partial charge on any atom is 0.164 e. The minimum absolute atomic E-state index is 0.135. The van der Waals surface area contributed by atoms with Gasteiger partial charge in [-0.05, 0) is 48.7 Å². The van der Waals surface area contributed by atoms with Gasteiger partial charge < -0.3 is 19.9 Å². The Hall–Kier alpha value is -3.87. The fourth-order valence-corrected chi connectivity index (χ4v) is 3.36. The van der Waals surface area contributed by atoms with Crippen LogP contribution >= 0.6 is 0 Å². The predicted octanol–water partition coefficient (Wildman–Crippen LogP) is 5.32. The van der Waals surface area contributed by atoms with Crippen LogP contribution in [-0.2, 0) is 0 Å². The van der Waals surface area contributed by atoms with Crippen LogP contribution < -0.4 is 14.8 Å². The van der Waals surface area contributed by atoms with Crippen LogP contribution in [0.4, 0.5) is 11.5 Å². The number of aromatic nitrogens is 3. The summed E-state index contributed by atoms with van der Waals surface area (Å²) in [6.45, 7) is 3.92. The number of methoxy groups -OCH3 is 1. The van der Waals surface area contributed by atoms with Gasteiger partial charge in [-0.25, -0.2) is 9.97 Å². The van der Waals surface area contributed by atoms with E-state index in [0.717, 1.165) is 28.6 Å². The number of aryl methyl sites for hydroxylation is 1. The molecule has 0 aliphatic rings. The van der Waals surface area contributed by atoms with Crippen molar-refractivity contribution in [3.05, 3.63) is 72.3 Å². The molecule has 4 aromatic rings. The van der Waals surface area contributed by atoms with Gasteiger partial charge in [0.2, 0.25) is 0 Å². The van der Waals surface area contributed by atoms with Gasteiger partial charge in [-0.1, -0.05) is 13.0 Å². The van der Waals surface area contributed by atoms with Crippen LogP contribution in [0.15, 0.2) is 61.2 Å². The number of nitrogens with one attached hydrogen (secondary N) is 1. The molecule has 2 heterocycles. The van der Waals surface area contributed by atoms with E-state index in [1.165, 1.54) is 6.33 Å². The Balaban J connectivity index is 1.70. The Morgan fingerprint density at radius 3 is 2.55 bits per heavy atom. The Kier molecular flexibility index (Phi) is 5.84. The highest BCUT2D eigenvalue weighted by Gasteiger charge is 2.17. The summed E-state index contributed by atoms with van der Waals surface area (Å²) < 4.78 is 11.9. The van der Waals surface area contributed by atoms with Crippen LogP contribution in [0.2, 0.25) is 0 Å². The molecule has 0 amide bonds. The van der Waals surface area contributed by atoms with Crippen molar-refractivity contribution in [3.8, 4) is 17.2 Å². The summed E-state index contributed by atoms with van der Waals surface area (Å²) in [4.78, 5) is 12.9. The van der Waals surface area contributed by atoms with Crippen LogP contribution in [0.1, 0.15) is 30.6 Å². The molecular weight excluding hydrogens is 392 g/mol. The third kappa shape index (κ3) is 4.35. The SMILES string of the molecule is CCC(Oc1cc2ncnc(Nc3ccc(C)c(O)c3)c2cc1OC)c1ccncc1. The van der Waals surface area contributed by atoms with Gasteiger partial charge in [-0.15, -0.1) is 0 Å². The van der Waals surface area contributed by atoms with E-state index in [2.05, 4.69) is 27.2 Å². The molecule has 1 unspecified atom stereocenters. The number of nitrogens with zero attached hydrogens (tertiary/aromatic N) is 3. The number of fused-ring (bicyclic) bond motifs is 1. The van der Waals surface area contributed by atoms with E-state index in [1.54, 1.807) is 25.6 Å². The minimum Gasteiger partial charge on any atom is -0.508 e. The predicted molar refractivity (Wildman–Crippen MR) is 120 cm³/mol. The molecule has 0 aliphatic heterocycles. The fraction of sp³-hybridized carbons (Fsp3) is 0.208. The molecule has 7 nitrogen and oxygen atoms in total. The van der Waals surface area contributed by atoms with Gasteiger partial charge in [0, 0.05) is 35.6 Å². The van der Waals surface area contributed by atoms with Crippen molar-refractivity contribution in [1.29, 1.82) is 0 Å². The van der Waals surface area contributed by atoms with E-state index >= 15 is 0 Å². The van der Waals surface area contributed by atoms with Crippen LogP contribution in [0.3, 0.4) is 0 Å². The van der Waals surface area contributed by atoms with E-state index in [-0.39, 0.29) is 11.9 Å². The lowest BCUT2D eigenvalue weighted by Crippen LogP contribution is -2.07. The molecule has 4 rings (SSSR count). The van der Waals surface area contributed by atoms with Gasteiger partial charge in [0.15, 0.2) is 11.5 Å². The minimum atomic E-state index is -0.135. The van der Waals surface area contributed by atoms with E-state index in [0.29, 0.717) is 22.8 Å². The molecule has 2 aromatic heterocycles. The zero-order valence-electron chi connectivity index (χ0n) is 17.7. The average molecular weight is 416 g/mol. The highest BCUT2D eigenvalue weighted by molar-refractivity contribution is 5.93. The van der Waals surface area contributed by atoms with E-state index in [4.69, 9.17) is 9.47 Å². The molecule has 2 N–H and O–H groups in total. The first kappa shape index (κ1) is 20.4. The second-order valence-electron chi connectivity index (χ2n) is 7.16. The summed E-state index contributed by atoms with van der Waals surface area (Å²) in [5.41, 5.74) is 3.30. The number of hydrogen-bond donors (Lipinski definition) is 2. The molecule has 0 spiro atoms. The van der Waals surface area contributed by atoms with Crippen molar-refractivity contribution < 1.29 is 14.6 Å². The number of ether oxygens (including phenoxy) is 2. The average Bonchev–Trinajstić information content (AvgIpc) is 2.80. The summed E-state index contributed by atoms with van der Waals surface area (Å²) in [6.07, 6.45) is 5.66. The maximum absolute atomic E-state index is 10.00. The second-order valence-corrected chi connectivity index (χ2v) is 7.16. The van der Waals surface area contributed by atoms with Crippen molar-refractivity contribution in [2.45, 2.75) is 26.4 Å². The lowest BCUT2D eigenvalue weighted by atomic mass is 10.1. The summed E-state index contributed by atoms with van der Waals surface area (Å²) in [6, 6.07) is 13.0. The van der Waals surface area contributed by atoms with Crippen LogP contribution in [-0.4, -0.2) is 27.2 Å². The third-order valence-corrected chi connectivity index (χ3v) is 5.11. The van der Waals surface area contributed by atoms with Crippen LogP contribution in [0.25, 0.3) is 10.9 Å². The van der Waals surface area contributed by atoms with E-state index in [9.17, 15) is 5.11 Å². The summed E-state index contributed by atoms with van der Waals surface area (Å²) in [5, 5.41) is 14.0. The first-order valence-electron chi connectivity index (χ1n) is 10.0. The zero-order valence-corrected chi connectivity index (χ0v) is 17.7. The molecule has 0 saturated heterocycles. The van der Waals surface area contributed by atoms with Crippen molar-refractivity contribution >= 4 is 22.4 Å². The van der Waals surface area contributed by atoms with Crippen LogP contribution in [0.5, 0.6) is 17.2 Å². The normalized spacial score (nSPS) is 11.8. The number of phenols is 1. The van der Waals surface area contributed by atoms with Crippen LogP contribution in [0, 0.1) is 6.92 Å². The monoisotopic (exact) mass is 416 g/mol. The quantitative estimate of drug-likeness (QED) is 0.421. The Morgan fingerprint density at radius 2 is 1.84 bits per heavy atom. The molecule has 1 atom stereocenters. The zero-order chi connectivity index (χ0) is 21.8. The number of aromatic hydroxyl groups is 1. The third-order valence-electron chi connectivity index (χ3n) is 5.11. The molecule has 2 aromatic carbocycles. The van der Waals surface area contributed by atoms with Crippen molar-refractivity contribution in [1.82, 2.24) is 15.0 Å². The molecule has 0 radical (unpaired) electrons. The van der Waals surface area contributed by atoms with Crippen molar-refractivity contribution in [2.24, 2.45) is 0 Å². The Morgan fingerprint density at radius 1 is 1.03 bits per heavy atom. The first-order valence-corrected chi connectivity index (χ1v) is 10.0. The van der Waals surface area contributed by atoms with Crippen molar-refractivity contribution in [2.75, 3.05) is 12.4 Å². The number of benzene rings is 2. The largest absolute Gasteiger partial charge is 0.508 e. The summed E-state index contributed by atoms with van der Waals surface area (Å²) in [7, 11) is 1.61. The number of pyridine rings is 1. The van der Waals surface area contributed by atoms with Gasteiger partial charge in [-0.3, -0.25) is 4.98 Å². The molecule has 0 aliphatic carbocycles. The number of anilines is 2. The highest BCUT2D eigenvalue weighted by atomic mass is 16.5. The highest BCUT2D eigenvalue weighted by Crippen LogP contribution is 2.37. The lowest BCUT2D eigenvalue weighted by Gasteiger charge is -2.20. The van der Waals surface area contributed by atoms with Gasteiger partial charge in [0.25, 0.3) is 0 Å². The van der Waals surface area contributed by atoms with Gasteiger partial charge in [-0.2, -0.15) is 0 Å². The molecule has 0 saturated carbocycles.